The van der Waals surface area contributed by atoms with Crippen molar-refractivity contribution in [3.63, 3.8) is 0 Å². The summed E-state index contributed by atoms with van der Waals surface area (Å²) in [5.41, 5.74) is 40.0. The van der Waals surface area contributed by atoms with Crippen LogP contribution in [0.4, 0.5) is 0 Å². The van der Waals surface area contributed by atoms with Crippen LogP contribution in [0, 0.1) is 33.5 Å². The van der Waals surface area contributed by atoms with Crippen LogP contribution in [0.5, 0.6) is 0 Å². The molecule has 0 saturated carbocycles. The van der Waals surface area contributed by atoms with Gasteiger partial charge in [-0.1, -0.05) is 88.4 Å². The maximum atomic E-state index is 14.5. The van der Waals surface area contributed by atoms with Gasteiger partial charge in [0, 0.05) is 39.0 Å². The highest BCUT2D eigenvalue weighted by atomic mass is 32.2. The van der Waals surface area contributed by atoms with Gasteiger partial charge in [-0.25, -0.2) is 4.79 Å². The van der Waals surface area contributed by atoms with Crippen LogP contribution in [0.15, 0.2) is 60.7 Å². The minimum absolute atomic E-state index is 0.0195. The molecular weight excluding hydrogens is 1660 g/mol. The Morgan fingerprint density at radius 1 is 0.352 bits per heavy atom. The molecule has 15 amide bonds. The molecule has 0 fully saturated rings. The monoisotopic (exact) mass is 1780 g/mol. The number of benzene rings is 2. The van der Waals surface area contributed by atoms with E-state index in [-0.39, 0.29) is 127 Å². The zero-order valence-electron chi connectivity index (χ0n) is 70.4. The van der Waals surface area contributed by atoms with E-state index in [0.717, 1.165) is 0 Å². The van der Waals surface area contributed by atoms with Crippen molar-refractivity contribution in [1.82, 2.24) is 90.4 Å². The second-order valence-electron chi connectivity index (χ2n) is 29.9. The third kappa shape index (κ3) is 45.5. The second-order valence-corrected chi connectivity index (χ2v) is 30.9. The standard InChI is InChI=1S/C76H124N28O20S/c1-39(2)30-48(97-60(111)43(77)20-12-25-88-73(80)81)66(117)95-45(22-14-27-90-75(84)85)63(114)98-49(32-41-16-8-6-9-17-41)61(112)92-37-58(108)93-44(21-13-26-89-74(82)83)62(113)94-46(23-15-28-91-76(86)87)64(115)104-55(38-105)71(122)102-53(36-59(109)110)70(121)101-52(35-57(79)107)69(120)100-51(34-56(78)106)68(119)96-47(24-29-125-5)65(116)99-50(33-42-18-10-7-11-19-42)67(118)103-54(72(123)124)31-40(3)4/h6-11,16-19,39-40,43-55,105H,12-15,20-38,77H2,1-5H3,(H2,78,106)(H2,79,107)(H,92,112)(H,93,108)(H,94,113)(H,95,117)(H,96,119)(H,97,111)(H,98,114)(H,99,116)(H,100,120)(H,101,121)(H,102,122)(H,103,118)(H,104,115)(H,109,110)(H,123,124)(H4,80,81,88)(H4,82,83,89)(H4,84,85,90)(H4,86,87,91)/t43-,44-,45-,46-,47-,48-,49-,50-,51-,52-,53-,54-,55-/m0/s1. The molecule has 49 heteroatoms. The summed E-state index contributed by atoms with van der Waals surface area (Å²) in [7, 11) is 0. The average molecular weight is 1780 g/mol. The first kappa shape index (κ1) is 108. The molecule has 2 aromatic carbocycles. The van der Waals surface area contributed by atoms with Gasteiger partial charge in [0.1, 0.15) is 72.5 Å². The summed E-state index contributed by atoms with van der Waals surface area (Å²) in [4.78, 5) is 233. The van der Waals surface area contributed by atoms with Gasteiger partial charge >= 0.3 is 11.9 Å². The lowest BCUT2D eigenvalue weighted by molar-refractivity contribution is -0.143. The van der Waals surface area contributed by atoms with E-state index in [1.54, 1.807) is 94.6 Å². The number of aliphatic carboxylic acids is 2. The fraction of sp³-hybridized carbons (Fsp3) is 0.566. The van der Waals surface area contributed by atoms with Gasteiger partial charge in [0.25, 0.3) is 0 Å². The van der Waals surface area contributed by atoms with E-state index in [2.05, 4.69) is 79.8 Å². The normalized spacial score (nSPS) is 14.0. The van der Waals surface area contributed by atoms with Crippen LogP contribution in [0.25, 0.3) is 0 Å². The Bertz CT molecular complexity index is 4000. The number of amides is 15. The number of nitrogens with two attached hydrogens (primary N) is 7. The van der Waals surface area contributed by atoms with E-state index >= 15 is 0 Å². The Balaban J connectivity index is 2.53. The zero-order chi connectivity index (χ0) is 94.0. The summed E-state index contributed by atoms with van der Waals surface area (Å²) in [6.45, 7) is 4.92. The summed E-state index contributed by atoms with van der Waals surface area (Å²) >= 11 is 1.22. The fourth-order valence-electron chi connectivity index (χ4n) is 12.0. The van der Waals surface area contributed by atoms with Crippen LogP contribution < -0.4 is 131 Å². The number of hydrogen-bond donors (Lipinski definition) is 31. The van der Waals surface area contributed by atoms with Crippen LogP contribution in [0.3, 0.4) is 0 Å². The summed E-state index contributed by atoms with van der Waals surface area (Å²) in [6.07, 6.45) is -2.55. The molecule has 0 saturated heterocycles. The van der Waals surface area contributed by atoms with Crippen molar-refractivity contribution in [2.75, 3.05) is 51.3 Å². The maximum Gasteiger partial charge on any atom is 0.326 e. The second kappa shape index (κ2) is 58.0. The Labute approximate surface area is 726 Å². The Kier molecular flexibility index (Phi) is 50.0. The highest BCUT2D eigenvalue weighted by Crippen LogP contribution is 2.15. The smallest absolute Gasteiger partial charge is 0.326 e. The number of hydrogen-bond acceptors (Lipinski definition) is 24. The summed E-state index contributed by atoms with van der Waals surface area (Å²) in [5.74, 6) is -21.9. The van der Waals surface area contributed by atoms with Crippen molar-refractivity contribution < 1.29 is 96.8 Å². The number of carboxylic acid groups (broad SMARTS) is 2. The Morgan fingerprint density at radius 2 is 0.648 bits per heavy atom. The first-order valence-corrected chi connectivity index (χ1v) is 41.5. The molecule has 2 rings (SSSR count). The predicted molar refractivity (Wildman–Crippen MR) is 458 cm³/mol. The van der Waals surface area contributed by atoms with Gasteiger partial charge in [0.2, 0.25) is 88.6 Å². The average Bonchev–Trinajstić information content (AvgIpc) is 0.850. The predicted octanol–water partition coefficient (Wildman–Crippen LogP) is -9.07. The van der Waals surface area contributed by atoms with Crippen molar-refractivity contribution in [2.24, 2.45) is 52.0 Å². The van der Waals surface area contributed by atoms with Gasteiger partial charge in [-0.2, -0.15) is 11.8 Å². The number of rotatable bonds is 61. The molecule has 0 radical (unpaired) electrons. The lowest BCUT2D eigenvalue weighted by atomic mass is 10.0. The number of nitrogens with one attached hydrogen (secondary N) is 21. The first-order valence-electron chi connectivity index (χ1n) is 40.1. The van der Waals surface area contributed by atoms with Crippen molar-refractivity contribution in [3.8, 4) is 0 Å². The third-order valence-corrected chi connectivity index (χ3v) is 18.9. The number of thioether (sulfide) groups is 1. The molecule has 38 N–H and O–H groups in total. The van der Waals surface area contributed by atoms with E-state index in [4.69, 9.17) is 61.8 Å². The topological polar surface area (TPSA) is 833 Å². The van der Waals surface area contributed by atoms with Gasteiger partial charge in [-0.3, -0.25) is 98.3 Å². The fourth-order valence-corrected chi connectivity index (χ4v) is 12.5. The summed E-state index contributed by atoms with van der Waals surface area (Å²) in [6, 6.07) is -5.02. The number of primary amides is 2. The van der Waals surface area contributed by atoms with Gasteiger partial charge in [-0.15, -0.1) is 0 Å². The minimum Gasteiger partial charge on any atom is -0.481 e. The molecule has 0 aromatic heterocycles. The van der Waals surface area contributed by atoms with Crippen LogP contribution >= 0.6 is 11.8 Å². The lowest BCUT2D eigenvalue weighted by Crippen LogP contribution is -2.61. The molecule has 0 unspecified atom stereocenters. The lowest BCUT2D eigenvalue weighted by Gasteiger charge is -2.27. The number of carboxylic acids is 2. The van der Waals surface area contributed by atoms with E-state index < -0.39 is 229 Å². The molecule has 0 aliphatic carbocycles. The largest absolute Gasteiger partial charge is 0.481 e. The summed E-state index contributed by atoms with van der Waals surface area (Å²) in [5, 5.41) is 102. The van der Waals surface area contributed by atoms with E-state index in [1.807, 2.05) is 10.6 Å². The van der Waals surface area contributed by atoms with Gasteiger partial charge < -0.3 is 146 Å². The molecule has 48 nitrogen and oxygen atoms in total. The number of carbonyl (C=O) groups is 17. The molecular formula is C76H124N28O20S. The van der Waals surface area contributed by atoms with Crippen molar-refractivity contribution in [3.05, 3.63) is 71.8 Å². The number of guanidine groups is 4. The van der Waals surface area contributed by atoms with Crippen molar-refractivity contribution in [1.29, 1.82) is 21.6 Å². The molecule has 694 valence electrons. The SMILES string of the molecule is CSCC[C@H](NC(=O)[C@H](CC(N)=O)NC(=O)[C@H](CC(N)=O)NC(=O)[C@H](CC(=O)O)NC(=O)[C@H](CO)NC(=O)[C@H](CCCNC(=N)N)NC(=O)[C@H](CCCNC(=N)N)NC(=O)CNC(=O)[C@H](Cc1ccccc1)NC(=O)[C@H](CCCNC(=N)N)NC(=O)[C@H](CC(C)C)NC(=O)[C@@H](N)CCCNC(=N)N)C(=O)N[C@@H](Cc1ccccc1)C(=O)N[C@@H](CC(C)C)C(=O)O. The summed E-state index contributed by atoms with van der Waals surface area (Å²) < 4.78 is 0. The molecule has 13 atom stereocenters. The van der Waals surface area contributed by atoms with Gasteiger partial charge in [0.15, 0.2) is 23.8 Å². The molecule has 2 aromatic rings. The number of aliphatic hydroxyl groups excluding tert-OH is 1. The van der Waals surface area contributed by atoms with E-state index in [9.17, 15) is 96.8 Å². The minimum atomic E-state index is -2.27. The van der Waals surface area contributed by atoms with Crippen LogP contribution in [0.1, 0.15) is 129 Å². The Hall–Kier alpha value is -13.2. The molecule has 0 spiro atoms. The third-order valence-electron chi connectivity index (χ3n) is 18.3. The Morgan fingerprint density at radius 3 is 1.01 bits per heavy atom. The van der Waals surface area contributed by atoms with Crippen LogP contribution in [-0.2, 0) is 94.3 Å². The van der Waals surface area contributed by atoms with E-state index in [0.29, 0.717) is 17.5 Å². The first-order chi connectivity index (χ1) is 58.9. The molecule has 0 aliphatic heterocycles. The molecule has 0 heterocycles. The van der Waals surface area contributed by atoms with E-state index in [1.165, 1.54) is 11.8 Å². The van der Waals surface area contributed by atoms with Crippen molar-refractivity contribution >= 4 is 136 Å². The molecule has 0 bridgehead atoms. The van der Waals surface area contributed by atoms with Crippen molar-refractivity contribution in [2.45, 2.75) is 209 Å². The van der Waals surface area contributed by atoms with Crippen LogP contribution in [0.2, 0.25) is 0 Å². The zero-order valence-corrected chi connectivity index (χ0v) is 71.2. The molecule has 0 aliphatic rings. The van der Waals surface area contributed by atoms with Gasteiger partial charge in [-0.05, 0) is 106 Å². The van der Waals surface area contributed by atoms with Gasteiger partial charge in [0.05, 0.1) is 38.5 Å². The number of aliphatic hydroxyl groups is 1. The maximum absolute atomic E-state index is 14.5. The van der Waals surface area contributed by atoms with Crippen LogP contribution in [-0.4, -0.2) is 270 Å². The quantitative estimate of drug-likeness (QED) is 0.0166. The highest BCUT2D eigenvalue weighted by Gasteiger charge is 2.39. The molecule has 125 heavy (non-hydrogen) atoms. The number of carbonyl (C=O) groups excluding carboxylic acids is 15. The highest BCUT2D eigenvalue weighted by molar-refractivity contribution is 7.98.